The van der Waals surface area contributed by atoms with Crippen LogP contribution >= 0.6 is 0 Å². The second-order valence-corrected chi connectivity index (χ2v) is 3.08. The molecule has 0 spiro atoms. The Bertz CT molecular complexity index is 504. The van der Waals surface area contributed by atoms with Crippen LogP contribution in [0.25, 0.3) is 10.9 Å². The summed E-state index contributed by atoms with van der Waals surface area (Å²) in [6.07, 6.45) is 0. The normalized spacial score (nSPS) is 10.5. The van der Waals surface area contributed by atoms with Gasteiger partial charge in [0.25, 0.3) is 0 Å². The number of hydrogen-bond donors (Lipinski definition) is 1. The van der Waals surface area contributed by atoms with Crippen molar-refractivity contribution in [3.63, 3.8) is 0 Å². The third kappa shape index (κ3) is 1.58. The van der Waals surface area contributed by atoms with Crippen molar-refractivity contribution in [3.05, 3.63) is 35.8 Å². The number of nitrogens with one attached hydrogen (secondary N) is 1. The number of rotatable bonds is 2. The second kappa shape index (κ2) is 3.73. The van der Waals surface area contributed by atoms with Crippen LogP contribution in [0.5, 0.6) is 0 Å². The maximum Gasteiger partial charge on any atom is 0.357 e. The van der Waals surface area contributed by atoms with Gasteiger partial charge in [0.15, 0.2) is 11.5 Å². The van der Waals surface area contributed by atoms with Gasteiger partial charge in [0.1, 0.15) is 0 Å². The fourth-order valence-corrected chi connectivity index (χ4v) is 1.45. The summed E-state index contributed by atoms with van der Waals surface area (Å²) in [6, 6.07) is 6.81. The summed E-state index contributed by atoms with van der Waals surface area (Å²) in [5.41, 5.74) is 0.483. The van der Waals surface area contributed by atoms with E-state index < -0.39 is 11.8 Å². The van der Waals surface area contributed by atoms with Gasteiger partial charge in [0.2, 0.25) is 0 Å². The molecule has 1 aromatic carbocycles. The first kappa shape index (κ1) is 9.71. The van der Waals surface area contributed by atoms with Crippen LogP contribution in [0.3, 0.4) is 0 Å². The van der Waals surface area contributed by atoms with E-state index in [9.17, 15) is 9.18 Å². The number of halogens is 1. The SMILES string of the molecule is CCOC(=O)c1[nH]c2ccccc2c1F. The Kier molecular flexibility index (Phi) is 2.41. The van der Waals surface area contributed by atoms with Gasteiger partial charge in [-0.3, -0.25) is 0 Å². The van der Waals surface area contributed by atoms with E-state index in [0.29, 0.717) is 10.9 Å². The van der Waals surface area contributed by atoms with Crippen LogP contribution < -0.4 is 0 Å². The van der Waals surface area contributed by atoms with Crippen molar-refractivity contribution in [1.82, 2.24) is 4.98 Å². The lowest BCUT2D eigenvalue weighted by molar-refractivity contribution is 0.0515. The number of benzene rings is 1. The van der Waals surface area contributed by atoms with Crippen LogP contribution in [-0.4, -0.2) is 17.6 Å². The van der Waals surface area contributed by atoms with Crippen molar-refractivity contribution in [2.75, 3.05) is 6.61 Å². The number of ether oxygens (including phenoxy) is 1. The first-order valence-electron chi connectivity index (χ1n) is 4.67. The molecule has 1 N–H and O–H groups in total. The van der Waals surface area contributed by atoms with Crippen LogP contribution in [0.15, 0.2) is 24.3 Å². The zero-order chi connectivity index (χ0) is 10.8. The summed E-state index contributed by atoms with van der Waals surface area (Å²) in [6.45, 7) is 1.91. The minimum absolute atomic E-state index is 0.113. The zero-order valence-corrected chi connectivity index (χ0v) is 8.21. The van der Waals surface area contributed by atoms with Gasteiger partial charge in [0, 0.05) is 10.9 Å². The van der Waals surface area contributed by atoms with Gasteiger partial charge in [0.05, 0.1) is 6.61 Å². The molecule has 0 amide bonds. The number of hydrogen-bond acceptors (Lipinski definition) is 2. The monoisotopic (exact) mass is 207 g/mol. The number of H-pyrrole nitrogens is 1. The van der Waals surface area contributed by atoms with Crippen LogP contribution in [0.1, 0.15) is 17.4 Å². The Hall–Kier alpha value is -1.84. The van der Waals surface area contributed by atoms with Crippen molar-refractivity contribution < 1.29 is 13.9 Å². The lowest BCUT2D eigenvalue weighted by atomic mass is 10.2. The molecule has 15 heavy (non-hydrogen) atoms. The van der Waals surface area contributed by atoms with Crippen molar-refractivity contribution in [3.8, 4) is 0 Å². The minimum atomic E-state index is -0.661. The number of carbonyl (C=O) groups is 1. The highest BCUT2D eigenvalue weighted by molar-refractivity contribution is 5.95. The van der Waals surface area contributed by atoms with Crippen molar-refractivity contribution in [1.29, 1.82) is 0 Å². The van der Waals surface area contributed by atoms with Crippen LogP contribution in [0.4, 0.5) is 4.39 Å². The third-order valence-electron chi connectivity index (χ3n) is 2.12. The summed E-state index contributed by atoms with van der Waals surface area (Å²) >= 11 is 0. The number of carbonyl (C=O) groups excluding carboxylic acids is 1. The van der Waals surface area contributed by atoms with Gasteiger partial charge in [-0.15, -0.1) is 0 Å². The molecule has 0 aliphatic carbocycles. The molecule has 0 fully saturated rings. The average Bonchev–Trinajstić information content (AvgIpc) is 2.57. The summed E-state index contributed by atoms with van der Waals surface area (Å²) in [5, 5.41) is 0.403. The molecule has 3 nitrogen and oxygen atoms in total. The molecule has 0 unspecified atom stereocenters. The number of fused-ring (bicyclic) bond motifs is 1. The fraction of sp³-hybridized carbons (Fsp3) is 0.182. The molecule has 2 aromatic rings. The molecule has 78 valence electrons. The summed E-state index contributed by atoms with van der Waals surface area (Å²) in [7, 11) is 0. The van der Waals surface area contributed by atoms with Gasteiger partial charge < -0.3 is 9.72 Å². The molecule has 0 aliphatic heterocycles. The zero-order valence-electron chi connectivity index (χ0n) is 8.21. The predicted octanol–water partition coefficient (Wildman–Crippen LogP) is 2.48. The minimum Gasteiger partial charge on any atom is -0.461 e. The molecule has 0 radical (unpaired) electrons. The lowest BCUT2D eigenvalue weighted by Crippen LogP contribution is -2.06. The maximum atomic E-state index is 13.7. The number of para-hydroxylation sites is 1. The first-order chi connectivity index (χ1) is 7.24. The van der Waals surface area contributed by atoms with E-state index in [2.05, 4.69) is 4.98 Å². The Morgan fingerprint density at radius 1 is 1.47 bits per heavy atom. The first-order valence-corrected chi connectivity index (χ1v) is 4.67. The van der Waals surface area contributed by atoms with E-state index in [4.69, 9.17) is 4.74 Å². The smallest absolute Gasteiger partial charge is 0.357 e. The standard InChI is InChI=1S/C11H10FNO2/c1-2-15-11(14)10-9(12)7-5-3-4-6-8(7)13-10/h3-6,13H,2H2,1H3. The molecule has 0 saturated heterocycles. The molecule has 1 heterocycles. The van der Waals surface area contributed by atoms with Crippen molar-refractivity contribution in [2.24, 2.45) is 0 Å². The van der Waals surface area contributed by atoms with Crippen molar-refractivity contribution in [2.45, 2.75) is 6.92 Å². The van der Waals surface area contributed by atoms with E-state index >= 15 is 0 Å². The highest BCUT2D eigenvalue weighted by Gasteiger charge is 2.18. The summed E-state index contributed by atoms with van der Waals surface area (Å²) in [5.74, 6) is -1.21. The van der Waals surface area contributed by atoms with Crippen LogP contribution in [0, 0.1) is 5.82 Å². The van der Waals surface area contributed by atoms with Crippen LogP contribution in [0.2, 0.25) is 0 Å². The topological polar surface area (TPSA) is 42.1 Å². The Labute approximate surface area is 85.9 Å². The molecule has 0 bridgehead atoms. The van der Waals surface area contributed by atoms with Gasteiger partial charge in [-0.2, -0.15) is 0 Å². The highest BCUT2D eigenvalue weighted by atomic mass is 19.1. The number of aromatic nitrogens is 1. The van der Waals surface area contributed by atoms with Gasteiger partial charge in [-0.05, 0) is 19.1 Å². The van der Waals surface area contributed by atoms with E-state index in [-0.39, 0.29) is 12.3 Å². The quantitative estimate of drug-likeness (QED) is 0.768. The van der Waals surface area contributed by atoms with Crippen LogP contribution in [-0.2, 0) is 4.74 Å². The number of aromatic amines is 1. The molecule has 0 aliphatic rings. The molecule has 1 aromatic heterocycles. The molecular formula is C11H10FNO2. The van der Waals surface area contributed by atoms with E-state index in [0.717, 1.165) is 0 Å². The van der Waals surface area contributed by atoms with Gasteiger partial charge in [-0.1, -0.05) is 12.1 Å². The van der Waals surface area contributed by atoms with Gasteiger partial charge >= 0.3 is 5.97 Å². The highest BCUT2D eigenvalue weighted by Crippen LogP contribution is 2.20. The Morgan fingerprint density at radius 2 is 2.20 bits per heavy atom. The Balaban J connectivity index is 2.53. The maximum absolute atomic E-state index is 13.7. The predicted molar refractivity (Wildman–Crippen MR) is 54.2 cm³/mol. The molecule has 0 atom stereocenters. The molecule has 0 saturated carbocycles. The Morgan fingerprint density at radius 3 is 2.87 bits per heavy atom. The van der Waals surface area contributed by atoms with Crippen molar-refractivity contribution >= 4 is 16.9 Å². The lowest BCUT2D eigenvalue weighted by Gasteiger charge is -1.97. The molecular weight excluding hydrogens is 197 g/mol. The van der Waals surface area contributed by atoms with Gasteiger partial charge in [-0.25, -0.2) is 9.18 Å². The van der Waals surface area contributed by atoms with E-state index in [1.807, 2.05) is 0 Å². The average molecular weight is 207 g/mol. The van der Waals surface area contributed by atoms with E-state index in [1.165, 1.54) is 0 Å². The second-order valence-electron chi connectivity index (χ2n) is 3.08. The number of esters is 1. The fourth-order valence-electron chi connectivity index (χ4n) is 1.45. The molecule has 2 rings (SSSR count). The van der Waals surface area contributed by atoms with E-state index in [1.54, 1.807) is 31.2 Å². The third-order valence-corrected chi connectivity index (χ3v) is 2.12. The summed E-state index contributed by atoms with van der Waals surface area (Å²) in [4.78, 5) is 14.0. The summed E-state index contributed by atoms with van der Waals surface area (Å²) < 4.78 is 18.4. The largest absolute Gasteiger partial charge is 0.461 e. The molecule has 4 heteroatoms.